The lowest BCUT2D eigenvalue weighted by molar-refractivity contribution is 0.355. The molecule has 1 aliphatic carbocycles. The van der Waals surface area contributed by atoms with Gasteiger partial charge in [0.05, 0.1) is 24.9 Å². The fourth-order valence-electron chi connectivity index (χ4n) is 2.29. The fourth-order valence-corrected chi connectivity index (χ4v) is 2.51. The topological polar surface area (TPSA) is 30.5 Å². The highest BCUT2D eigenvalue weighted by Crippen LogP contribution is 2.36. The first-order valence-electron chi connectivity index (χ1n) is 6.55. The highest BCUT2D eigenvalue weighted by atomic mass is 35.5. The van der Waals surface area contributed by atoms with E-state index in [1.54, 1.807) is 20.3 Å². The Kier molecular flexibility index (Phi) is 4.97. The minimum Gasteiger partial charge on any atom is -0.493 e. The summed E-state index contributed by atoms with van der Waals surface area (Å²) in [5, 5.41) is 4.06. The van der Waals surface area contributed by atoms with Crippen LogP contribution in [0.25, 0.3) is 0 Å². The number of allylic oxidation sites excluding steroid dienone is 2. The van der Waals surface area contributed by atoms with E-state index in [0.29, 0.717) is 22.4 Å². The number of anilines is 1. The van der Waals surface area contributed by atoms with Gasteiger partial charge in [-0.25, -0.2) is 0 Å². The Morgan fingerprint density at radius 3 is 2.58 bits per heavy atom. The van der Waals surface area contributed by atoms with Gasteiger partial charge in [0.25, 0.3) is 0 Å². The van der Waals surface area contributed by atoms with Crippen molar-refractivity contribution in [2.45, 2.75) is 19.3 Å². The molecule has 4 heteroatoms. The molecule has 1 aromatic carbocycles. The summed E-state index contributed by atoms with van der Waals surface area (Å²) in [4.78, 5) is 0. The lowest BCUT2D eigenvalue weighted by Crippen LogP contribution is -2.15. The smallest absolute Gasteiger partial charge is 0.162 e. The molecule has 1 N–H and O–H groups in total. The number of benzene rings is 1. The summed E-state index contributed by atoms with van der Waals surface area (Å²) in [6.45, 7) is 0.930. The minimum atomic E-state index is 0.652. The fraction of sp³-hybridized carbons (Fsp3) is 0.467. The third-order valence-electron chi connectivity index (χ3n) is 3.43. The number of ether oxygens (including phenoxy) is 2. The van der Waals surface area contributed by atoms with Crippen molar-refractivity contribution in [3.63, 3.8) is 0 Å². The maximum atomic E-state index is 6.24. The predicted molar refractivity (Wildman–Crippen MR) is 79.5 cm³/mol. The van der Waals surface area contributed by atoms with Crippen LogP contribution >= 0.6 is 11.6 Å². The first-order valence-corrected chi connectivity index (χ1v) is 6.92. The third kappa shape index (κ3) is 3.57. The highest BCUT2D eigenvalue weighted by molar-refractivity contribution is 6.33. The molecule has 0 aliphatic heterocycles. The van der Waals surface area contributed by atoms with Gasteiger partial charge in [-0.3, -0.25) is 0 Å². The van der Waals surface area contributed by atoms with Crippen molar-refractivity contribution in [3.8, 4) is 11.5 Å². The molecule has 0 bridgehead atoms. The van der Waals surface area contributed by atoms with Crippen LogP contribution in [-0.2, 0) is 0 Å². The maximum absolute atomic E-state index is 6.24. The molecule has 0 saturated heterocycles. The van der Waals surface area contributed by atoms with Crippen LogP contribution in [0.1, 0.15) is 19.3 Å². The Balaban J connectivity index is 2.05. The molecule has 2 rings (SSSR count). The molecule has 104 valence electrons. The Hall–Kier alpha value is -1.35. The second-order valence-electron chi connectivity index (χ2n) is 4.72. The SMILES string of the molecule is COc1cc(Cl)c(NCC2CC=CCC2)cc1OC. The van der Waals surface area contributed by atoms with Crippen LogP contribution in [-0.4, -0.2) is 20.8 Å². The molecule has 1 aromatic rings. The zero-order valence-corrected chi connectivity index (χ0v) is 12.2. The Morgan fingerprint density at radius 2 is 1.95 bits per heavy atom. The van der Waals surface area contributed by atoms with Crippen LogP contribution in [0.2, 0.25) is 5.02 Å². The quantitative estimate of drug-likeness (QED) is 0.824. The standard InChI is InChI=1S/C15H20ClNO2/c1-18-14-8-12(16)13(9-15(14)19-2)17-10-11-6-4-3-5-7-11/h3-4,8-9,11,17H,5-7,10H2,1-2H3. The molecule has 0 radical (unpaired) electrons. The predicted octanol–water partition coefficient (Wildman–Crippen LogP) is 4.13. The van der Waals surface area contributed by atoms with E-state index < -0.39 is 0 Å². The minimum absolute atomic E-state index is 0.652. The van der Waals surface area contributed by atoms with Crippen LogP contribution in [0.3, 0.4) is 0 Å². The molecule has 19 heavy (non-hydrogen) atoms. The van der Waals surface area contributed by atoms with E-state index in [0.717, 1.165) is 18.7 Å². The van der Waals surface area contributed by atoms with Crippen molar-refractivity contribution < 1.29 is 9.47 Å². The van der Waals surface area contributed by atoms with E-state index in [9.17, 15) is 0 Å². The number of halogens is 1. The number of hydrogen-bond acceptors (Lipinski definition) is 3. The van der Waals surface area contributed by atoms with E-state index in [2.05, 4.69) is 17.5 Å². The summed E-state index contributed by atoms with van der Waals surface area (Å²) in [6.07, 6.45) is 8.05. The van der Waals surface area contributed by atoms with Gasteiger partial charge in [-0.15, -0.1) is 0 Å². The average Bonchev–Trinajstić information content (AvgIpc) is 2.46. The summed E-state index contributed by atoms with van der Waals surface area (Å²) < 4.78 is 10.5. The summed E-state index contributed by atoms with van der Waals surface area (Å²) in [7, 11) is 3.23. The monoisotopic (exact) mass is 281 g/mol. The van der Waals surface area contributed by atoms with Gasteiger partial charge in [0.15, 0.2) is 11.5 Å². The molecule has 0 saturated carbocycles. The molecule has 0 heterocycles. The maximum Gasteiger partial charge on any atom is 0.162 e. The van der Waals surface area contributed by atoms with E-state index in [4.69, 9.17) is 21.1 Å². The van der Waals surface area contributed by atoms with Gasteiger partial charge in [-0.1, -0.05) is 23.8 Å². The third-order valence-corrected chi connectivity index (χ3v) is 3.74. The molecule has 3 nitrogen and oxygen atoms in total. The normalized spacial score (nSPS) is 18.2. The number of rotatable bonds is 5. The van der Waals surface area contributed by atoms with E-state index in [-0.39, 0.29) is 0 Å². The first-order chi connectivity index (χ1) is 9.24. The van der Waals surface area contributed by atoms with Gasteiger partial charge < -0.3 is 14.8 Å². The summed E-state index contributed by atoms with van der Waals surface area (Å²) in [6, 6.07) is 3.67. The average molecular weight is 282 g/mol. The second kappa shape index (κ2) is 6.71. The Morgan fingerprint density at radius 1 is 1.21 bits per heavy atom. The van der Waals surface area contributed by atoms with Gasteiger partial charge in [0, 0.05) is 18.7 Å². The van der Waals surface area contributed by atoms with Gasteiger partial charge >= 0.3 is 0 Å². The molecular weight excluding hydrogens is 262 g/mol. The van der Waals surface area contributed by atoms with Gasteiger partial charge in [0.2, 0.25) is 0 Å². The molecule has 1 unspecified atom stereocenters. The van der Waals surface area contributed by atoms with Crippen molar-refractivity contribution in [2.24, 2.45) is 5.92 Å². The van der Waals surface area contributed by atoms with Crippen LogP contribution < -0.4 is 14.8 Å². The van der Waals surface area contributed by atoms with E-state index >= 15 is 0 Å². The highest BCUT2D eigenvalue weighted by Gasteiger charge is 2.13. The van der Waals surface area contributed by atoms with Gasteiger partial charge in [0.1, 0.15) is 0 Å². The number of methoxy groups -OCH3 is 2. The van der Waals surface area contributed by atoms with Crippen molar-refractivity contribution in [2.75, 3.05) is 26.1 Å². The van der Waals surface area contributed by atoms with Gasteiger partial charge in [-0.05, 0) is 25.2 Å². The van der Waals surface area contributed by atoms with Gasteiger partial charge in [-0.2, -0.15) is 0 Å². The zero-order valence-electron chi connectivity index (χ0n) is 11.4. The molecule has 0 amide bonds. The molecule has 1 atom stereocenters. The molecule has 0 fully saturated rings. The number of hydrogen-bond donors (Lipinski definition) is 1. The molecule has 1 aliphatic rings. The summed E-state index contributed by atoms with van der Waals surface area (Å²) in [5.74, 6) is 2.02. The summed E-state index contributed by atoms with van der Waals surface area (Å²) in [5.41, 5.74) is 0.897. The molecule has 0 spiro atoms. The van der Waals surface area contributed by atoms with Crippen molar-refractivity contribution >= 4 is 17.3 Å². The lowest BCUT2D eigenvalue weighted by Gasteiger charge is -2.20. The van der Waals surface area contributed by atoms with E-state index in [1.807, 2.05) is 6.07 Å². The van der Waals surface area contributed by atoms with E-state index in [1.165, 1.54) is 12.8 Å². The molecular formula is C15H20ClNO2. The first kappa shape index (κ1) is 14.1. The zero-order chi connectivity index (χ0) is 13.7. The second-order valence-corrected chi connectivity index (χ2v) is 5.13. The summed E-state index contributed by atoms with van der Waals surface area (Å²) >= 11 is 6.24. The Labute approximate surface area is 119 Å². The molecule has 0 aromatic heterocycles. The van der Waals surface area contributed by atoms with Crippen molar-refractivity contribution in [3.05, 3.63) is 29.3 Å². The van der Waals surface area contributed by atoms with Crippen molar-refractivity contribution in [1.29, 1.82) is 0 Å². The van der Waals surface area contributed by atoms with Crippen LogP contribution in [0.4, 0.5) is 5.69 Å². The Bertz CT molecular complexity index is 460. The van der Waals surface area contributed by atoms with Crippen LogP contribution in [0.15, 0.2) is 24.3 Å². The number of nitrogens with one attached hydrogen (secondary N) is 1. The lowest BCUT2D eigenvalue weighted by atomic mass is 9.94. The van der Waals surface area contributed by atoms with Crippen LogP contribution in [0, 0.1) is 5.92 Å². The van der Waals surface area contributed by atoms with Crippen LogP contribution in [0.5, 0.6) is 11.5 Å². The largest absolute Gasteiger partial charge is 0.493 e. The van der Waals surface area contributed by atoms with Crippen molar-refractivity contribution in [1.82, 2.24) is 0 Å².